The summed E-state index contributed by atoms with van der Waals surface area (Å²) in [6.45, 7) is 1.87. The van der Waals surface area contributed by atoms with Gasteiger partial charge in [0.2, 0.25) is 0 Å². The first-order valence-corrected chi connectivity index (χ1v) is 6.11. The minimum Gasteiger partial charge on any atom is -0.380 e. The Morgan fingerprint density at radius 2 is 1.95 bits per heavy atom. The highest BCUT2D eigenvalue weighted by Gasteiger charge is 2.54. The fourth-order valence-electron chi connectivity index (χ4n) is 2.28. The lowest BCUT2D eigenvalue weighted by Crippen LogP contribution is -2.53. The predicted octanol–water partition coefficient (Wildman–Crippen LogP) is 0.964. The van der Waals surface area contributed by atoms with Gasteiger partial charge in [0.25, 0.3) is 0 Å². The molecule has 0 spiro atoms. The van der Waals surface area contributed by atoms with Crippen LogP contribution < -0.4 is 16.2 Å². The van der Waals surface area contributed by atoms with E-state index >= 15 is 0 Å². The zero-order valence-electron chi connectivity index (χ0n) is 10.9. The van der Waals surface area contributed by atoms with Crippen LogP contribution in [0.15, 0.2) is 6.33 Å². The van der Waals surface area contributed by atoms with E-state index in [2.05, 4.69) is 15.4 Å². The SMILES string of the molecule is Cc1c(NN)ncnc1N1CCC(O)(C(F)(F)F)CC1. The normalized spacial score (nSPS) is 19.0. The molecule has 4 N–H and O–H groups in total. The number of anilines is 2. The zero-order chi connectivity index (χ0) is 15.0. The van der Waals surface area contributed by atoms with Gasteiger partial charge in [0.1, 0.15) is 18.0 Å². The molecule has 1 aromatic heterocycles. The lowest BCUT2D eigenvalue weighted by Gasteiger charge is -2.40. The summed E-state index contributed by atoms with van der Waals surface area (Å²) in [6, 6.07) is 0. The fraction of sp³-hybridized carbons (Fsp3) is 0.636. The van der Waals surface area contributed by atoms with Crippen LogP contribution in [0.25, 0.3) is 0 Å². The van der Waals surface area contributed by atoms with Crippen LogP contribution in [0.1, 0.15) is 18.4 Å². The van der Waals surface area contributed by atoms with Gasteiger partial charge in [-0.05, 0) is 6.92 Å². The molecule has 2 rings (SSSR count). The third kappa shape index (κ3) is 2.50. The van der Waals surface area contributed by atoms with Gasteiger partial charge in [-0.25, -0.2) is 15.8 Å². The van der Waals surface area contributed by atoms with E-state index in [4.69, 9.17) is 5.84 Å². The number of nitrogen functional groups attached to an aromatic ring is 1. The smallest absolute Gasteiger partial charge is 0.380 e. The van der Waals surface area contributed by atoms with Gasteiger partial charge in [-0.2, -0.15) is 13.2 Å². The molecule has 0 atom stereocenters. The Morgan fingerprint density at radius 1 is 1.35 bits per heavy atom. The molecule has 9 heteroatoms. The van der Waals surface area contributed by atoms with Gasteiger partial charge in [0.05, 0.1) is 0 Å². The molecule has 0 unspecified atom stereocenters. The largest absolute Gasteiger partial charge is 0.417 e. The van der Waals surface area contributed by atoms with Crippen molar-refractivity contribution in [1.29, 1.82) is 0 Å². The molecule has 0 aromatic carbocycles. The summed E-state index contributed by atoms with van der Waals surface area (Å²) >= 11 is 0. The monoisotopic (exact) mass is 291 g/mol. The molecule has 1 aliphatic heterocycles. The number of hydrogen-bond acceptors (Lipinski definition) is 6. The first-order chi connectivity index (χ1) is 9.28. The van der Waals surface area contributed by atoms with Crippen LogP contribution in [-0.4, -0.2) is 39.9 Å². The Bertz CT molecular complexity index is 485. The average molecular weight is 291 g/mol. The number of nitrogens with zero attached hydrogens (tertiary/aromatic N) is 3. The maximum Gasteiger partial charge on any atom is 0.417 e. The number of nitrogens with one attached hydrogen (secondary N) is 1. The summed E-state index contributed by atoms with van der Waals surface area (Å²) in [6.07, 6.45) is -4.08. The molecule has 1 fully saturated rings. The van der Waals surface area contributed by atoms with Crippen LogP contribution in [0.4, 0.5) is 24.8 Å². The van der Waals surface area contributed by atoms with Gasteiger partial charge >= 0.3 is 6.18 Å². The van der Waals surface area contributed by atoms with E-state index in [9.17, 15) is 18.3 Å². The number of alkyl halides is 3. The van der Waals surface area contributed by atoms with E-state index < -0.39 is 11.8 Å². The molecular weight excluding hydrogens is 275 g/mol. The van der Waals surface area contributed by atoms with E-state index in [1.807, 2.05) is 0 Å². The highest BCUT2D eigenvalue weighted by molar-refractivity contribution is 5.57. The van der Waals surface area contributed by atoms with Crippen LogP contribution in [0.2, 0.25) is 0 Å². The number of hydrazine groups is 1. The Balaban J connectivity index is 2.16. The number of halogens is 3. The number of nitrogens with two attached hydrogens (primary N) is 1. The minimum absolute atomic E-state index is 0.0673. The van der Waals surface area contributed by atoms with E-state index in [1.54, 1.807) is 11.8 Å². The van der Waals surface area contributed by atoms with Gasteiger partial charge in [-0.15, -0.1) is 0 Å². The van der Waals surface area contributed by atoms with E-state index in [0.717, 1.165) is 0 Å². The number of piperidine rings is 1. The third-order valence-corrected chi connectivity index (χ3v) is 3.61. The topological polar surface area (TPSA) is 87.3 Å². The van der Waals surface area contributed by atoms with Crippen molar-refractivity contribution in [2.24, 2.45) is 5.84 Å². The van der Waals surface area contributed by atoms with Crippen LogP contribution in [0.3, 0.4) is 0 Å². The summed E-state index contributed by atoms with van der Waals surface area (Å²) in [5.41, 5.74) is 0.456. The second kappa shape index (κ2) is 5.06. The second-order valence-corrected chi connectivity index (χ2v) is 4.83. The molecule has 0 amide bonds. The third-order valence-electron chi connectivity index (χ3n) is 3.61. The first-order valence-electron chi connectivity index (χ1n) is 6.11. The van der Waals surface area contributed by atoms with Crippen LogP contribution >= 0.6 is 0 Å². The molecule has 0 radical (unpaired) electrons. The van der Waals surface area contributed by atoms with Crippen molar-refractivity contribution in [3.05, 3.63) is 11.9 Å². The number of rotatable bonds is 2. The molecule has 2 heterocycles. The summed E-state index contributed by atoms with van der Waals surface area (Å²) in [5.74, 6) is 6.25. The van der Waals surface area contributed by atoms with Gasteiger partial charge in [0, 0.05) is 31.5 Å². The standard InChI is InChI=1S/C11H16F3N5O/c1-7-8(18-15)16-6-17-9(7)19-4-2-10(20,3-5-19)11(12,13)14/h6,20H,2-5,15H2,1H3,(H,16,17,18). The average Bonchev–Trinajstić information content (AvgIpc) is 2.39. The quantitative estimate of drug-likeness (QED) is 0.556. The maximum atomic E-state index is 12.7. The second-order valence-electron chi connectivity index (χ2n) is 4.83. The van der Waals surface area contributed by atoms with Crippen molar-refractivity contribution in [2.75, 3.05) is 23.4 Å². The number of aliphatic hydroxyl groups is 1. The Labute approximate surface area is 113 Å². The number of hydrogen-bond donors (Lipinski definition) is 3. The van der Waals surface area contributed by atoms with E-state index in [1.165, 1.54) is 6.33 Å². The highest BCUT2D eigenvalue weighted by Crippen LogP contribution is 2.39. The molecule has 20 heavy (non-hydrogen) atoms. The maximum absolute atomic E-state index is 12.7. The molecule has 0 saturated carbocycles. The lowest BCUT2D eigenvalue weighted by atomic mass is 9.90. The molecule has 1 saturated heterocycles. The molecule has 1 aromatic rings. The Morgan fingerprint density at radius 3 is 2.45 bits per heavy atom. The Hall–Kier alpha value is -1.61. The molecule has 0 aliphatic carbocycles. The van der Waals surface area contributed by atoms with Gasteiger partial charge in [-0.3, -0.25) is 0 Å². The lowest BCUT2D eigenvalue weighted by molar-refractivity contribution is -0.266. The zero-order valence-corrected chi connectivity index (χ0v) is 10.9. The van der Waals surface area contributed by atoms with Gasteiger partial charge in [0.15, 0.2) is 5.60 Å². The molecule has 0 bridgehead atoms. The van der Waals surface area contributed by atoms with Gasteiger partial charge < -0.3 is 15.4 Å². The summed E-state index contributed by atoms with van der Waals surface area (Å²) in [7, 11) is 0. The molecule has 6 nitrogen and oxygen atoms in total. The fourth-order valence-corrected chi connectivity index (χ4v) is 2.28. The summed E-state index contributed by atoms with van der Waals surface area (Å²) < 4.78 is 38.2. The summed E-state index contributed by atoms with van der Waals surface area (Å²) in [4.78, 5) is 9.69. The van der Waals surface area contributed by atoms with Crippen molar-refractivity contribution in [3.8, 4) is 0 Å². The molecular formula is C11H16F3N5O. The minimum atomic E-state index is -4.61. The van der Waals surface area contributed by atoms with Gasteiger partial charge in [-0.1, -0.05) is 0 Å². The molecule has 112 valence electrons. The predicted molar refractivity (Wildman–Crippen MR) is 67.0 cm³/mol. The number of aromatic nitrogens is 2. The van der Waals surface area contributed by atoms with Crippen LogP contribution in [-0.2, 0) is 0 Å². The van der Waals surface area contributed by atoms with Crippen molar-refractivity contribution in [2.45, 2.75) is 31.5 Å². The van der Waals surface area contributed by atoms with E-state index in [-0.39, 0.29) is 25.9 Å². The highest BCUT2D eigenvalue weighted by atomic mass is 19.4. The Kier molecular flexibility index (Phi) is 3.74. The van der Waals surface area contributed by atoms with E-state index in [0.29, 0.717) is 17.2 Å². The van der Waals surface area contributed by atoms with Crippen molar-refractivity contribution < 1.29 is 18.3 Å². The molecule has 1 aliphatic rings. The van der Waals surface area contributed by atoms with Crippen LogP contribution in [0, 0.1) is 6.92 Å². The van der Waals surface area contributed by atoms with Crippen LogP contribution in [0.5, 0.6) is 0 Å². The van der Waals surface area contributed by atoms with Crippen molar-refractivity contribution in [1.82, 2.24) is 9.97 Å². The summed E-state index contributed by atoms with van der Waals surface area (Å²) in [5, 5.41) is 9.63. The first kappa shape index (κ1) is 14.8. The van der Waals surface area contributed by atoms with Crippen molar-refractivity contribution in [3.63, 3.8) is 0 Å². The van der Waals surface area contributed by atoms with Crippen molar-refractivity contribution >= 4 is 11.6 Å².